The molecule has 2 aromatic carbocycles. The maximum Gasteiger partial charge on any atom is 0.416 e. The Morgan fingerprint density at radius 1 is 1.15 bits per heavy atom. The molecule has 0 saturated heterocycles. The summed E-state index contributed by atoms with van der Waals surface area (Å²) < 4.78 is 62.7. The molecule has 1 amide bonds. The Morgan fingerprint density at radius 2 is 1.88 bits per heavy atom. The fourth-order valence-corrected chi connectivity index (χ4v) is 2.24. The van der Waals surface area contributed by atoms with E-state index in [1.54, 1.807) is 0 Å². The predicted octanol–water partition coefficient (Wildman–Crippen LogP) is 4.88. The highest BCUT2D eigenvalue weighted by Crippen LogP contribution is 2.35. The number of hydrogen-bond acceptors (Lipinski definition) is 3. The van der Waals surface area contributed by atoms with Gasteiger partial charge in [-0.2, -0.15) is 13.2 Å². The summed E-state index contributed by atoms with van der Waals surface area (Å²) in [4.78, 5) is 12.3. The SMILES string of the molecule is COCCOc1ccc(C(F)(F)F)cc1NC(=O)c1ccc(Br)c(F)c1. The molecule has 0 unspecified atom stereocenters. The normalized spacial score (nSPS) is 11.3. The molecule has 140 valence electrons. The van der Waals surface area contributed by atoms with Gasteiger partial charge in [-0.1, -0.05) is 0 Å². The summed E-state index contributed by atoms with van der Waals surface area (Å²) in [5.41, 5.74) is -1.18. The van der Waals surface area contributed by atoms with Gasteiger partial charge in [-0.25, -0.2) is 4.39 Å². The van der Waals surface area contributed by atoms with E-state index < -0.39 is 23.5 Å². The molecule has 0 atom stereocenters. The standard InChI is InChI=1S/C17H14BrF4NO3/c1-25-6-7-26-15-5-3-11(17(20,21)22)9-14(15)23-16(24)10-2-4-12(18)13(19)8-10/h2-5,8-9H,6-7H2,1H3,(H,23,24). The van der Waals surface area contributed by atoms with Crippen molar-refractivity contribution in [2.24, 2.45) is 0 Å². The summed E-state index contributed by atoms with van der Waals surface area (Å²) in [6, 6.07) is 6.34. The molecule has 0 aromatic heterocycles. The molecule has 0 radical (unpaired) electrons. The molecule has 0 aliphatic carbocycles. The van der Waals surface area contributed by atoms with E-state index in [1.807, 2.05) is 0 Å². The van der Waals surface area contributed by atoms with Gasteiger partial charge in [0.25, 0.3) is 5.91 Å². The van der Waals surface area contributed by atoms with Crippen molar-refractivity contribution in [2.75, 3.05) is 25.6 Å². The smallest absolute Gasteiger partial charge is 0.416 e. The number of carbonyl (C=O) groups excluding carboxylic acids is 1. The number of carbonyl (C=O) groups is 1. The lowest BCUT2D eigenvalue weighted by molar-refractivity contribution is -0.137. The summed E-state index contributed by atoms with van der Waals surface area (Å²) in [5.74, 6) is -1.40. The average molecular weight is 436 g/mol. The Morgan fingerprint density at radius 3 is 2.50 bits per heavy atom. The number of rotatable bonds is 6. The van der Waals surface area contributed by atoms with E-state index in [1.165, 1.54) is 19.2 Å². The number of anilines is 1. The Labute approximate surface area is 155 Å². The van der Waals surface area contributed by atoms with E-state index in [0.29, 0.717) is 0 Å². The van der Waals surface area contributed by atoms with Gasteiger partial charge in [0.05, 0.1) is 22.3 Å². The van der Waals surface area contributed by atoms with Gasteiger partial charge >= 0.3 is 6.18 Å². The zero-order valence-corrected chi connectivity index (χ0v) is 15.1. The summed E-state index contributed by atoms with van der Waals surface area (Å²) >= 11 is 2.96. The highest BCUT2D eigenvalue weighted by molar-refractivity contribution is 9.10. The van der Waals surface area contributed by atoms with Gasteiger partial charge in [0, 0.05) is 12.7 Å². The number of nitrogens with one attached hydrogen (secondary N) is 1. The monoisotopic (exact) mass is 435 g/mol. The second-order valence-corrected chi connectivity index (χ2v) is 5.99. The van der Waals surface area contributed by atoms with Crippen molar-refractivity contribution in [1.82, 2.24) is 0 Å². The van der Waals surface area contributed by atoms with Crippen LogP contribution in [0.3, 0.4) is 0 Å². The molecule has 2 aromatic rings. The number of benzene rings is 2. The Bertz CT molecular complexity index is 796. The Balaban J connectivity index is 2.31. The van der Waals surface area contributed by atoms with Gasteiger partial charge in [0.15, 0.2) is 0 Å². The zero-order valence-electron chi connectivity index (χ0n) is 13.5. The second kappa shape index (κ2) is 8.50. The minimum Gasteiger partial charge on any atom is -0.489 e. The number of amides is 1. The van der Waals surface area contributed by atoms with Gasteiger partial charge < -0.3 is 14.8 Å². The highest BCUT2D eigenvalue weighted by Gasteiger charge is 2.31. The molecule has 26 heavy (non-hydrogen) atoms. The van der Waals surface area contributed by atoms with Gasteiger partial charge in [0.2, 0.25) is 0 Å². The van der Waals surface area contributed by atoms with Crippen LogP contribution in [0.5, 0.6) is 5.75 Å². The van der Waals surface area contributed by atoms with Crippen molar-refractivity contribution in [3.63, 3.8) is 0 Å². The maximum absolute atomic E-state index is 13.6. The van der Waals surface area contributed by atoms with Crippen LogP contribution in [0.1, 0.15) is 15.9 Å². The molecule has 0 heterocycles. The lowest BCUT2D eigenvalue weighted by atomic mass is 10.1. The fraction of sp³-hybridized carbons (Fsp3) is 0.235. The molecular formula is C17H14BrF4NO3. The maximum atomic E-state index is 13.6. The minimum atomic E-state index is -4.59. The molecular weight excluding hydrogens is 422 g/mol. The molecule has 0 spiro atoms. The summed E-state index contributed by atoms with van der Waals surface area (Å²) in [6.07, 6.45) is -4.59. The van der Waals surface area contributed by atoms with Crippen LogP contribution >= 0.6 is 15.9 Å². The molecule has 4 nitrogen and oxygen atoms in total. The predicted molar refractivity (Wildman–Crippen MR) is 90.9 cm³/mol. The lowest BCUT2D eigenvalue weighted by Crippen LogP contribution is -2.15. The molecule has 0 fully saturated rings. The molecule has 0 aliphatic rings. The zero-order chi connectivity index (χ0) is 19.3. The average Bonchev–Trinajstić information content (AvgIpc) is 2.57. The van der Waals surface area contributed by atoms with E-state index in [0.717, 1.165) is 24.3 Å². The fourth-order valence-electron chi connectivity index (χ4n) is 2.00. The highest BCUT2D eigenvalue weighted by atomic mass is 79.9. The first-order valence-corrected chi connectivity index (χ1v) is 8.11. The van der Waals surface area contributed by atoms with E-state index >= 15 is 0 Å². The first kappa shape index (κ1) is 20.2. The van der Waals surface area contributed by atoms with Gasteiger partial charge in [-0.15, -0.1) is 0 Å². The van der Waals surface area contributed by atoms with Gasteiger partial charge in [0.1, 0.15) is 18.2 Å². The molecule has 9 heteroatoms. The van der Waals surface area contributed by atoms with Crippen molar-refractivity contribution in [1.29, 1.82) is 0 Å². The van der Waals surface area contributed by atoms with Crippen molar-refractivity contribution in [2.45, 2.75) is 6.18 Å². The first-order chi connectivity index (χ1) is 12.2. The molecule has 0 aliphatic heterocycles. The second-order valence-electron chi connectivity index (χ2n) is 5.13. The van der Waals surface area contributed by atoms with Crippen LogP contribution in [0.2, 0.25) is 0 Å². The van der Waals surface area contributed by atoms with Crippen LogP contribution in [0.25, 0.3) is 0 Å². The van der Waals surface area contributed by atoms with Crippen molar-refractivity contribution >= 4 is 27.5 Å². The first-order valence-electron chi connectivity index (χ1n) is 7.31. The van der Waals surface area contributed by atoms with Gasteiger partial charge in [-0.05, 0) is 52.3 Å². The third kappa shape index (κ3) is 5.18. The topological polar surface area (TPSA) is 47.6 Å². The van der Waals surface area contributed by atoms with Crippen LogP contribution in [-0.4, -0.2) is 26.2 Å². The van der Waals surface area contributed by atoms with E-state index in [2.05, 4.69) is 21.2 Å². The molecule has 1 N–H and O–H groups in total. The molecule has 2 rings (SSSR count). The summed E-state index contributed by atoms with van der Waals surface area (Å²) in [5, 5.41) is 2.33. The van der Waals surface area contributed by atoms with Crippen molar-refractivity contribution < 1.29 is 31.8 Å². The lowest BCUT2D eigenvalue weighted by Gasteiger charge is -2.15. The van der Waals surface area contributed by atoms with Crippen molar-refractivity contribution in [3.05, 3.63) is 57.8 Å². The van der Waals surface area contributed by atoms with E-state index in [4.69, 9.17) is 9.47 Å². The van der Waals surface area contributed by atoms with Crippen LogP contribution in [0, 0.1) is 5.82 Å². The molecule has 0 bridgehead atoms. The minimum absolute atomic E-state index is 0.0426. The Hall–Kier alpha value is -2.13. The Kier molecular flexibility index (Phi) is 6.60. The van der Waals surface area contributed by atoms with Crippen LogP contribution < -0.4 is 10.1 Å². The van der Waals surface area contributed by atoms with Crippen LogP contribution in [0.15, 0.2) is 40.9 Å². The quantitative estimate of drug-likeness (QED) is 0.519. The third-order valence-electron chi connectivity index (χ3n) is 3.28. The van der Waals surface area contributed by atoms with Crippen LogP contribution in [-0.2, 0) is 10.9 Å². The van der Waals surface area contributed by atoms with Gasteiger partial charge in [-0.3, -0.25) is 4.79 Å². The number of ether oxygens (including phenoxy) is 2. The number of halogens is 5. The number of alkyl halides is 3. The van der Waals surface area contributed by atoms with Crippen molar-refractivity contribution in [3.8, 4) is 5.75 Å². The number of methoxy groups -OCH3 is 1. The number of hydrogen-bond donors (Lipinski definition) is 1. The largest absolute Gasteiger partial charge is 0.489 e. The summed E-state index contributed by atoms with van der Waals surface area (Å²) in [6.45, 7) is 0.296. The van der Waals surface area contributed by atoms with E-state index in [9.17, 15) is 22.4 Å². The molecule has 0 saturated carbocycles. The summed E-state index contributed by atoms with van der Waals surface area (Å²) in [7, 11) is 1.45. The third-order valence-corrected chi connectivity index (χ3v) is 3.93. The van der Waals surface area contributed by atoms with E-state index in [-0.39, 0.29) is 34.7 Å². The van der Waals surface area contributed by atoms with Crippen LogP contribution in [0.4, 0.5) is 23.2 Å².